The van der Waals surface area contributed by atoms with Crippen molar-refractivity contribution in [2.24, 2.45) is 0 Å². The van der Waals surface area contributed by atoms with E-state index in [9.17, 15) is 4.79 Å². The number of carbonyl (C=O) groups is 1. The highest BCUT2D eigenvalue weighted by atomic mass is 79.9. The molecule has 1 aromatic heterocycles. The van der Waals surface area contributed by atoms with Crippen LogP contribution < -0.4 is 5.32 Å². The third-order valence-electron chi connectivity index (χ3n) is 3.94. The summed E-state index contributed by atoms with van der Waals surface area (Å²) >= 11 is 5.25. The van der Waals surface area contributed by atoms with E-state index in [1.165, 1.54) is 11.3 Å². The second-order valence-corrected chi connectivity index (χ2v) is 9.59. The normalized spacial score (nSPS) is 20.4. The molecule has 0 saturated carbocycles. The molecule has 2 unspecified atom stereocenters. The molecule has 6 heteroatoms. The first-order valence-corrected chi connectivity index (χ1v) is 9.85. The van der Waals surface area contributed by atoms with Crippen LogP contribution in [0.25, 0.3) is 0 Å². The summed E-state index contributed by atoms with van der Waals surface area (Å²) in [6, 6.07) is 4.71. The van der Waals surface area contributed by atoms with Crippen LogP contribution in [0.4, 0.5) is 4.79 Å². The van der Waals surface area contributed by atoms with E-state index in [4.69, 9.17) is 4.74 Å². The Kier molecular flexibility index (Phi) is 6.51. The smallest absolute Gasteiger partial charge is 0.410 e. The molecule has 130 valence electrons. The van der Waals surface area contributed by atoms with Crippen molar-refractivity contribution in [1.82, 2.24) is 10.2 Å². The first-order valence-electron chi connectivity index (χ1n) is 8.24. The van der Waals surface area contributed by atoms with E-state index in [1.807, 2.05) is 25.7 Å². The Morgan fingerprint density at radius 3 is 2.83 bits per heavy atom. The van der Waals surface area contributed by atoms with E-state index in [0.29, 0.717) is 0 Å². The predicted octanol–water partition coefficient (Wildman–Crippen LogP) is 4.95. The molecule has 1 aliphatic heterocycles. The molecule has 0 aromatic carbocycles. The van der Waals surface area contributed by atoms with Crippen molar-refractivity contribution in [3.05, 3.63) is 20.8 Å². The molecule has 2 rings (SSSR count). The Morgan fingerprint density at radius 1 is 1.48 bits per heavy atom. The average molecular weight is 403 g/mol. The van der Waals surface area contributed by atoms with Crippen LogP contribution in [0.3, 0.4) is 0 Å². The Hall–Kier alpha value is -0.590. The fourth-order valence-electron chi connectivity index (χ4n) is 2.75. The topological polar surface area (TPSA) is 41.6 Å². The number of piperidine rings is 1. The van der Waals surface area contributed by atoms with E-state index in [-0.39, 0.29) is 18.2 Å². The van der Waals surface area contributed by atoms with Crippen molar-refractivity contribution in [3.8, 4) is 0 Å². The van der Waals surface area contributed by atoms with Crippen LogP contribution in [-0.2, 0) is 4.74 Å². The van der Waals surface area contributed by atoms with Gasteiger partial charge in [-0.3, -0.25) is 0 Å². The molecule has 1 saturated heterocycles. The van der Waals surface area contributed by atoms with Gasteiger partial charge in [-0.25, -0.2) is 4.79 Å². The summed E-state index contributed by atoms with van der Waals surface area (Å²) in [5, 5.41) is 3.57. The van der Waals surface area contributed by atoms with Crippen molar-refractivity contribution in [2.75, 3.05) is 13.1 Å². The van der Waals surface area contributed by atoms with Crippen LogP contribution in [0.15, 0.2) is 15.9 Å². The van der Waals surface area contributed by atoms with E-state index in [2.05, 4.69) is 40.3 Å². The molecular weight excluding hydrogens is 376 g/mol. The van der Waals surface area contributed by atoms with Gasteiger partial charge in [-0.2, -0.15) is 0 Å². The van der Waals surface area contributed by atoms with Crippen LogP contribution in [0.1, 0.15) is 57.9 Å². The molecule has 1 N–H and O–H groups in total. The van der Waals surface area contributed by atoms with Crippen LogP contribution in [0, 0.1) is 0 Å². The first-order chi connectivity index (χ1) is 10.8. The molecule has 0 aliphatic carbocycles. The Balaban J connectivity index is 1.92. The van der Waals surface area contributed by atoms with Gasteiger partial charge in [-0.15, -0.1) is 11.3 Å². The fourth-order valence-corrected chi connectivity index (χ4v) is 4.20. The van der Waals surface area contributed by atoms with Crippen molar-refractivity contribution >= 4 is 33.4 Å². The van der Waals surface area contributed by atoms with E-state index in [0.717, 1.165) is 29.7 Å². The molecule has 1 amide bonds. The van der Waals surface area contributed by atoms with Crippen LogP contribution in [-0.4, -0.2) is 35.7 Å². The van der Waals surface area contributed by atoms with Crippen molar-refractivity contribution in [2.45, 2.75) is 64.6 Å². The maximum Gasteiger partial charge on any atom is 0.410 e. The summed E-state index contributed by atoms with van der Waals surface area (Å²) in [7, 11) is 0. The third-order valence-corrected chi connectivity index (χ3v) is 5.74. The Morgan fingerprint density at radius 2 is 2.22 bits per heavy atom. The van der Waals surface area contributed by atoms with Crippen LogP contribution in [0.5, 0.6) is 0 Å². The zero-order chi connectivity index (χ0) is 17.0. The number of carbonyl (C=O) groups excluding carboxylic acids is 1. The van der Waals surface area contributed by atoms with Gasteiger partial charge in [0.25, 0.3) is 0 Å². The van der Waals surface area contributed by atoms with Crippen molar-refractivity contribution in [1.29, 1.82) is 0 Å². The monoisotopic (exact) mass is 402 g/mol. The van der Waals surface area contributed by atoms with Gasteiger partial charge in [0.1, 0.15) is 5.60 Å². The third kappa shape index (κ3) is 5.76. The van der Waals surface area contributed by atoms with Crippen LogP contribution >= 0.6 is 27.3 Å². The minimum atomic E-state index is -0.441. The maximum atomic E-state index is 12.4. The lowest BCUT2D eigenvalue weighted by Gasteiger charge is -2.37. The SMILES string of the molecule is CC(NCC1CCCCN1C(=O)OC(C)(C)C)c1ccc(Br)s1. The molecular formula is C17H27BrN2O2S. The number of hydrogen-bond acceptors (Lipinski definition) is 4. The van der Waals surface area contributed by atoms with Gasteiger partial charge in [-0.05, 0) is 75.0 Å². The van der Waals surface area contributed by atoms with Crippen molar-refractivity contribution < 1.29 is 9.53 Å². The van der Waals surface area contributed by atoms with Gasteiger partial charge in [0, 0.05) is 30.1 Å². The molecule has 1 fully saturated rings. The summed E-state index contributed by atoms with van der Waals surface area (Å²) in [6.07, 6.45) is 3.08. The minimum Gasteiger partial charge on any atom is -0.444 e. The predicted molar refractivity (Wildman–Crippen MR) is 99.0 cm³/mol. The van der Waals surface area contributed by atoms with Gasteiger partial charge in [0.2, 0.25) is 0 Å². The zero-order valence-electron chi connectivity index (χ0n) is 14.4. The minimum absolute atomic E-state index is 0.185. The van der Waals surface area contributed by atoms with Gasteiger partial charge in [0.15, 0.2) is 0 Å². The van der Waals surface area contributed by atoms with Gasteiger partial charge < -0.3 is 15.0 Å². The average Bonchev–Trinajstić information content (AvgIpc) is 2.90. The van der Waals surface area contributed by atoms with Gasteiger partial charge >= 0.3 is 6.09 Å². The number of hydrogen-bond donors (Lipinski definition) is 1. The van der Waals surface area contributed by atoms with Crippen molar-refractivity contribution in [3.63, 3.8) is 0 Å². The molecule has 1 aromatic rings. The van der Waals surface area contributed by atoms with E-state index in [1.54, 1.807) is 11.3 Å². The standard InChI is InChI=1S/C17H27BrN2O2S/c1-12(14-8-9-15(18)23-14)19-11-13-7-5-6-10-20(13)16(21)22-17(2,3)4/h8-9,12-13,19H,5-7,10-11H2,1-4H3. The molecule has 1 aliphatic rings. The van der Waals surface area contributed by atoms with E-state index >= 15 is 0 Å². The largest absolute Gasteiger partial charge is 0.444 e. The van der Waals surface area contributed by atoms with Gasteiger partial charge in [0.05, 0.1) is 3.79 Å². The highest BCUT2D eigenvalue weighted by molar-refractivity contribution is 9.11. The lowest BCUT2D eigenvalue weighted by molar-refractivity contribution is 0.00971. The first kappa shape index (κ1) is 18.7. The molecule has 0 spiro atoms. The summed E-state index contributed by atoms with van der Waals surface area (Å²) in [4.78, 5) is 15.6. The lowest BCUT2D eigenvalue weighted by atomic mass is 10.0. The molecule has 2 heterocycles. The number of halogens is 1. The zero-order valence-corrected chi connectivity index (χ0v) is 16.8. The molecule has 0 bridgehead atoms. The lowest BCUT2D eigenvalue weighted by Crippen LogP contribution is -2.50. The molecule has 4 nitrogen and oxygen atoms in total. The number of likely N-dealkylation sites (tertiary alicyclic amines) is 1. The fraction of sp³-hybridized carbons (Fsp3) is 0.706. The molecule has 23 heavy (non-hydrogen) atoms. The number of nitrogens with one attached hydrogen (secondary N) is 1. The second kappa shape index (κ2) is 7.99. The summed E-state index contributed by atoms with van der Waals surface area (Å²) in [5.41, 5.74) is -0.441. The summed E-state index contributed by atoms with van der Waals surface area (Å²) < 4.78 is 6.70. The highest BCUT2D eigenvalue weighted by Crippen LogP contribution is 2.27. The highest BCUT2D eigenvalue weighted by Gasteiger charge is 2.30. The number of thiophene rings is 1. The quantitative estimate of drug-likeness (QED) is 0.774. The summed E-state index contributed by atoms with van der Waals surface area (Å²) in [6.45, 7) is 9.51. The number of nitrogens with zero attached hydrogens (tertiary/aromatic N) is 1. The van der Waals surface area contributed by atoms with Gasteiger partial charge in [-0.1, -0.05) is 0 Å². The molecule has 2 atom stereocenters. The van der Waals surface area contributed by atoms with Crippen LogP contribution in [0.2, 0.25) is 0 Å². The summed E-state index contributed by atoms with van der Waals surface area (Å²) in [5.74, 6) is 0. The Bertz CT molecular complexity index is 527. The second-order valence-electron chi connectivity index (χ2n) is 7.10. The number of rotatable bonds is 4. The number of ether oxygens (including phenoxy) is 1. The van der Waals surface area contributed by atoms with E-state index < -0.39 is 5.60 Å². The number of amides is 1. The Labute approximate surface area is 151 Å². The molecule has 0 radical (unpaired) electrons. The maximum absolute atomic E-state index is 12.4.